The van der Waals surface area contributed by atoms with E-state index < -0.39 is 11.7 Å². The van der Waals surface area contributed by atoms with Crippen LogP contribution in [0.1, 0.15) is 24.9 Å². The molecule has 1 heterocycles. The Bertz CT molecular complexity index is 937. The SMILES string of the molecule is COc1ccc([C@H](C)NC(=O)[C@@H]2CC(=O)N(c3ccc(F)c(Cl)c3)C2)cc1OC. The molecule has 1 N–H and O–H groups in total. The van der Waals surface area contributed by atoms with E-state index in [2.05, 4.69) is 5.32 Å². The van der Waals surface area contributed by atoms with Crippen LogP contribution in [0.25, 0.3) is 0 Å². The minimum Gasteiger partial charge on any atom is -0.493 e. The molecule has 0 unspecified atom stereocenters. The topological polar surface area (TPSA) is 67.9 Å². The van der Waals surface area contributed by atoms with E-state index in [0.717, 1.165) is 5.56 Å². The van der Waals surface area contributed by atoms with Gasteiger partial charge in [0.15, 0.2) is 11.5 Å². The number of carbonyl (C=O) groups excluding carboxylic acids is 2. The van der Waals surface area contributed by atoms with E-state index >= 15 is 0 Å². The first-order valence-electron chi connectivity index (χ1n) is 9.11. The second-order valence-electron chi connectivity index (χ2n) is 6.85. The zero-order chi connectivity index (χ0) is 21.1. The van der Waals surface area contributed by atoms with Gasteiger partial charge in [-0.15, -0.1) is 0 Å². The standard InChI is InChI=1S/C21H22ClFN2O4/c1-12(13-4-7-18(28-2)19(8-13)29-3)24-21(27)14-9-20(26)25(11-14)15-5-6-17(23)16(22)10-15/h4-8,10,12,14H,9,11H2,1-3H3,(H,24,27)/t12-,14+/m0/s1. The van der Waals surface area contributed by atoms with Crippen molar-refractivity contribution in [2.75, 3.05) is 25.7 Å². The Labute approximate surface area is 173 Å². The van der Waals surface area contributed by atoms with Crippen molar-refractivity contribution in [2.45, 2.75) is 19.4 Å². The number of carbonyl (C=O) groups is 2. The van der Waals surface area contributed by atoms with Gasteiger partial charge in [-0.25, -0.2) is 4.39 Å². The molecule has 0 radical (unpaired) electrons. The van der Waals surface area contributed by atoms with Gasteiger partial charge in [0.2, 0.25) is 11.8 Å². The number of hydrogen-bond acceptors (Lipinski definition) is 4. The Morgan fingerprint density at radius 3 is 2.59 bits per heavy atom. The first kappa shape index (κ1) is 20.9. The number of nitrogens with zero attached hydrogens (tertiary/aromatic N) is 1. The van der Waals surface area contributed by atoms with Crippen molar-refractivity contribution in [1.29, 1.82) is 0 Å². The van der Waals surface area contributed by atoms with Crippen molar-refractivity contribution in [3.8, 4) is 11.5 Å². The summed E-state index contributed by atoms with van der Waals surface area (Å²) >= 11 is 5.81. The van der Waals surface area contributed by atoms with Crippen LogP contribution in [0.5, 0.6) is 11.5 Å². The maximum atomic E-state index is 13.4. The van der Waals surface area contributed by atoms with E-state index in [1.165, 1.54) is 23.1 Å². The van der Waals surface area contributed by atoms with Gasteiger partial charge in [0.25, 0.3) is 0 Å². The summed E-state index contributed by atoms with van der Waals surface area (Å²) in [6, 6.07) is 9.21. The lowest BCUT2D eigenvalue weighted by atomic mass is 10.0. The highest BCUT2D eigenvalue weighted by Crippen LogP contribution is 2.31. The average molecular weight is 421 g/mol. The normalized spacial score (nSPS) is 17.2. The van der Waals surface area contributed by atoms with E-state index in [1.54, 1.807) is 26.4 Å². The Hall–Kier alpha value is -2.80. The van der Waals surface area contributed by atoms with Gasteiger partial charge < -0.3 is 19.7 Å². The van der Waals surface area contributed by atoms with Crippen molar-refractivity contribution >= 4 is 29.1 Å². The third-order valence-electron chi connectivity index (χ3n) is 4.98. The number of methoxy groups -OCH3 is 2. The van der Waals surface area contributed by atoms with E-state index in [9.17, 15) is 14.0 Å². The molecule has 2 atom stereocenters. The predicted molar refractivity (Wildman–Crippen MR) is 108 cm³/mol. The molecule has 154 valence electrons. The average Bonchev–Trinajstić information content (AvgIpc) is 3.11. The number of anilines is 1. The van der Waals surface area contributed by atoms with Crippen LogP contribution in [0.15, 0.2) is 36.4 Å². The molecule has 2 amide bonds. The lowest BCUT2D eigenvalue weighted by molar-refractivity contribution is -0.126. The van der Waals surface area contributed by atoms with Gasteiger partial charge in [-0.3, -0.25) is 9.59 Å². The largest absolute Gasteiger partial charge is 0.493 e. The molecule has 1 aliphatic heterocycles. The van der Waals surface area contributed by atoms with Gasteiger partial charge in [-0.2, -0.15) is 0 Å². The predicted octanol–water partition coefficient (Wildman–Crippen LogP) is 3.73. The summed E-state index contributed by atoms with van der Waals surface area (Å²) < 4.78 is 23.9. The molecule has 0 aliphatic carbocycles. The number of ether oxygens (including phenoxy) is 2. The smallest absolute Gasteiger partial charge is 0.227 e. The number of benzene rings is 2. The molecule has 0 saturated carbocycles. The Morgan fingerprint density at radius 1 is 1.21 bits per heavy atom. The molecule has 3 rings (SSSR count). The Morgan fingerprint density at radius 2 is 1.93 bits per heavy atom. The third-order valence-corrected chi connectivity index (χ3v) is 5.27. The summed E-state index contributed by atoms with van der Waals surface area (Å²) in [6.45, 7) is 2.07. The summed E-state index contributed by atoms with van der Waals surface area (Å²) in [5.41, 5.74) is 1.33. The van der Waals surface area contributed by atoms with Crippen LogP contribution in [-0.4, -0.2) is 32.6 Å². The van der Waals surface area contributed by atoms with Gasteiger partial charge in [-0.05, 0) is 42.8 Å². The van der Waals surface area contributed by atoms with Gasteiger partial charge in [-0.1, -0.05) is 17.7 Å². The van der Waals surface area contributed by atoms with Gasteiger partial charge in [0.1, 0.15) is 5.82 Å². The zero-order valence-corrected chi connectivity index (χ0v) is 17.1. The Kier molecular flexibility index (Phi) is 6.27. The van der Waals surface area contributed by atoms with Gasteiger partial charge in [0, 0.05) is 18.7 Å². The maximum absolute atomic E-state index is 13.4. The highest BCUT2D eigenvalue weighted by Gasteiger charge is 2.35. The summed E-state index contributed by atoms with van der Waals surface area (Å²) in [7, 11) is 3.10. The monoisotopic (exact) mass is 420 g/mol. The molecule has 0 spiro atoms. The molecule has 0 aromatic heterocycles. The molecule has 0 bridgehead atoms. The first-order valence-corrected chi connectivity index (χ1v) is 9.49. The number of amides is 2. The van der Waals surface area contributed by atoms with Crippen molar-refractivity contribution in [1.82, 2.24) is 5.32 Å². The molecular weight excluding hydrogens is 399 g/mol. The second kappa shape index (κ2) is 8.69. The van der Waals surface area contributed by atoms with E-state index in [-0.39, 0.29) is 35.8 Å². The minimum absolute atomic E-state index is 0.0646. The van der Waals surface area contributed by atoms with Crippen LogP contribution in [-0.2, 0) is 9.59 Å². The van der Waals surface area contributed by atoms with Crippen molar-refractivity contribution in [3.63, 3.8) is 0 Å². The van der Waals surface area contributed by atoms with Crippen molar-refractivity contribution < 1.29 is 23.5 Å². The molecule has 2 aromatic carbocycles. The summed E-state index contributed by atoms with van der Waals surface area (Å²) in [6.07, 6.45) is 0.0828. The maximum Gasteiger partial charge on any atom is 0.227 e. The molecule has 2 aromatic rings. The number of nitrogens with one attached hydrogen (secondary N) is 1. The lowest BCUT2D eigenvalue weighted by Gasteiger charge is -2.20. The summed E-state index contributed by atoms with van der Waals surface area (Å²) in [4.78, 5) is 26.5. The minimum atomic E-state index is -0.555. The molecular formula is C21H22ClFN2O4. The molecule has 1 saturated heterocycles. The highest BCUT2D eigenvalue weighted by atomic mass is 35.5. The lowest BCUT2D eigenvalue weighted by Crippen LogP contribution is -2.34. The van der Waals surface area contributed by atoms with Crippen LogP contribution in [0.4, 0.5) is 10.1 Å². The summed E-state index contributed by atoms with van der Waals surface area (Å²) in [5.74, 6) is -0.316. The molecule has 8 heteroatoms. The fourth-order valence-electron chi connectivity index (χ4n) is 3.32. The van der Waals surface area contributed by atoms with Crippen LogP contribution < -0.4 is 19.7 Å². The van der Waals surface area contributed by atoms with Crippen LogP contribution in [0.2, 0.25) is 5.02 Å². The molecule has 6 nitrogen and oxygen atoms in total. The molecule has 29 heavy (non-hydrogen) atoms. The van der Waals surface area contributed by atoms with Crippen LogP contribution >= 0.6 is 11.6 Å². The Balaban J connectivity index is 1.68. The fourth-order valence-corrected chi connectivity index (χ4v) is 3.50. The van der Waals surface area contributed by atoms with E-state index in [4.69, 9.17) is 21.1 Å². The number of rotatable bonds is 6. The molecule has 1 fully saturated rings. The van der Waals surface area contributed by atoms with E-state index in [1.807, 2.05) is 13.0 Å². The van der Waals surface area contributed by atoms with Gasteiger partial charge in [0.05, 0.1) is 31.2 Å². The molecule has 1 aliphatic rings. The van der Waals surface area contributed by atoms with E-state index in [0.29, 0.717) is 17.2 Å². The van der Waals surface area contributed by atoms with Crippen LogP contribution in [0, 0.1) is 11.7 Å². The number of halogens is 2. The second-order valence-corrected chi connectivity index (χ2v) is 7.26. The summed E-state index contributed by atoms with van der Waals surface area (Å²) in [5, 5.41) is 2.88. The highest BCUT2D eigenvalue weighted by molar-refractivity contribution is 6.31. The van der Waals surface area contributed by atoms with Crippen molar-refractivity contribution in [3.05, 3.63) is 52.8 Å². The number of hydrogen-bond donors (Lipinski definition) is 1. The fraction of sp³-hybridized carbons (Fsp3) is 0.333. The van der Waals surface area contributed by atoms with Crippen molar-refractivity contribution in [2.24, 2.45) is 5.92 Å². The zero-order valence-electron chi connectivity index (χ0n) is 16.4. The van der Waals surface area contributed by atoms with Gasteiger partial charge >= 0.3 is 0 Å². The third kappa shape index (κ3) is 4.45. The quantitative estimate of drug-likeness (QED) is 0.773. The van der Waals surface area contributed by atoms with Crippen LogP contribution in [0.3, 0.4) is 0 Å². The first-order chi connectivity index (χ1) is 13.8.